The lowest BCUT2D eigenvalue weighted by Gasteiger charge is -2.32. The standard InChI is InChI=1S/C15H17F2N3O/c1-10-7-18-15(19-10)14-9-20(4-5-21-14)8-11-2-3-12(16)13(17)6-11/h2-3,6-7,14H,4-5,8-9H2,1H3,(H,18,19)/t14-/m0/s1. The number of ether oxygens (including phenoxy) is 1. The van der Waals surface area contributed by atoms with E-state index in [1.165, 1.54) is 12.1 Å². The fourth-order valence-corrected chi connectivity index (χ4v) is 2.50. The summed E-state index contributed by atoms with van der Waals surface area (Å²) in [6, 6.07) is 4.02. The molecule has 6 heteroatoms. The summed E-state index contributed by atoms with van der Waals surface area (Å²) in [6.45, 7) is 4.53. The minimum Gasteiger partial charge on any atom is -0.368 e. The van der Waals surface area contributed by atoms with Gasteiger partial charge in [0.1, 0.15) is 11.9 Å². The third-order valence-electron chi connectivity index (χ3n) is 3.57. The number of nitrogens with zero attached hydrogens (tertiary/aromatic N) is 2. The molecule has 2 heterocycles. The minimum atomic E-state index is -0.815. The number of morpholine rings is 1. The van der Waals surface area contributed by atoms with Crippen molar-refractivity contribution in [2.45, 2.75) is 19.6 Å². The van der Waals surface area contributed by atoms with E-state index in [2.05, 4.69) is 14.9 Å². The van der Waals surface area contributed by atoms with Crippen LogP contribution in [0.3, 0.4) is 0 Å². The first-order valence-electron chi connectivity index (χ1n) is 6.91. The first kappa shape index (κ1) is 14.2. The Morgan fingerprint density at radius 1 is 1.38 bits per heavy atom. The lowest BCUT2D eigenvalue weighted by molar-refractivity contribution is -0.0369. The van der Waals surface area contributed by atoms with Gasteiger partial charge in [0, 0.05) is 31.5 Å². The Morgan fingerprint density at radius 2 is 2.24 bits per heavy atom. The molecule has 112 valence electrons. The summed E-state index contributed by atoms with van der Waals surface area (Å²) in [5, 5.41) is 0. The van der Waals surface area contributed by atoms with Gasteiger partial charge in [-0.15, -0.1) is 0 Å². The van der Waals surface area contributed by atoms with Gasteiger partial charge in [-0.05, 0) is 24.6 Å². The second-order valence-corrected chi connectivity index (χ2v) is 5.29. The van der Waals surface area contributed by atoms with Gasteiger partial charge in [0.25, 0.3) is 0 Å². The largest absolute Gasteiger partial charge is 0.368 e. The van der Waals surface area contributed by atoms with Crippen molar-refractivity contribution >= 4 is 0 Å². The monoisotopic (exact) mass is 293 g/mol. The smallest absolute Gasteiger partial charge is 0.159 e. The highest BCUT2D eigenvalue weighted by molar-refractivity contribution is 5.18. The van der Waals surface area contributed by atoms with Gasteiger partial charge in [-0.3, -0.25) is 4.90 Å². The Labute approximate surface area is 121 Å². The van der Waals surface area contributed by atoms with E-state index in [4.69, 9.17) is 4.74 Å². The van der Waals surface area contributed by atoms with E-state index < -0.39 is 11.6 Å². The third-order valence-corrected chi connectivity index (χ3v) is 3.57. The van der Waals surface area contributed by atoms with E-state index in [0.29, 0.717) is 19.7 Å². The highest BCUT2D eigenvalue weighted by Gasteiger charge is 2.24. The zero-order chi connectivity index (χ0) is 14.8. The second kappa shape index (κ2) is 5.91. The Bertz CT molecular complexity index is 629. The zero-order valence-corrected chi connectivity index (χ0v) is 11.8. The van der Waals surface area contributed by atoms with Crippen LogP contribution in [-0.4, -0.2) is 34.6 Å². The van der Waals surface area contributed by atoms with Gasteiger partial charge >= 0.3 is 0 Å². The van der Waals surface area contributed by atoms with Crippen LogP contribution in [0.4, 0.5) is 8.78 Å². The summed E-state index contributed by atoms with van der Waals surface area (Å²) >= 11 is 0. The molecule has 1 aromatic carbocycles. The van der Waals surface area contributed by atoms with Gasteiger partial charge in [-0.2, -0.15) is 0 Å². The number of hydrogen-bond acceptors (Lipinski definition) is 3. The molecule has 0 aliphatic carbocycles. The number of H-pyrrole nitrogens is 1. The van der Waals surface area contributed by atoms with Crippen molar-refractivity contribution < 1.29 is 13.5 Å². The summed E-state index contributed by atoms with van der Waals surface area (Å²) in [4.78, 5) is 9.62. The molecule has 2 aromatic rings. The van der Waals surface area contributed by atoms with Crippen molar-refractivity contribution in [2.24, 2.45) is 0 Å². The molecule has 1 saturated heterocycles. The molecule has 0 radical (unpaired) electrons. The van der Waals surface area contributed by atoms with Crippen LogP contribution < -0.4 is 0 Å². The van der Waals surface area contributed by atoms with Crippen molar-refractivity contribution in [1.82, 2.24) is 14.9 Å². The summed E-state index contributed by atoms with van der Waals surface area (Å²) < 4.78 is 31.9. The van der Waals surface area contributed by atoms with Gasteiger partial charge < -0.3 is 9.72 Å². The number of rotatable bonds is 3. The number of aromatic nitrogens is 2. The number of nitrogens with one attached hydrogen (secondary N) is 1. The SMILES string of the molecule is Cc1cnc([C@@H]2CN(Cc3ccc(F)c(F)c3)CCO2)[nH]1. The molecule has 0 spiro atoms. The maximum Gasteiger partial charge on any atom is 0.159 e. The molecule has 1 N–H and O–H groups in total. The Hall–Kier alpha value is -1.79. The molecule has 21 heavy (non-hydrogen) atoms. The molecule has 0 amide bonds. The number of aromatic amines is 1. The number of hydrogen-bond donors (Lipinski definition) is 1. The van der Waals surface area contributed by atoms with Crippen LogP contribution in [0.15, 0.2) is 24.4 Å². The van der Waals surface area contributed by atoms with Crippen LogP contribution in [0.1, 0.15) is 23.2 Å². The highest BCUT2D eigenvalue weighted by atomic mass is 19.2. The summed E-state index contributed by atoms with van der Waals surface area (Å²) in [6.07, 6.45) is 1.66. The van der Waals surface area contributed by atoms with E-state index in [1.54, 1.807) is 12.3 Å². The van der Waals surface area contributed by atoms with Crippen molar-refractivity contribution in [3.8, 4) is 0 Å². The van der Waals surface area contributed by atoms with Crippen LogP contribution >= 0.6 is 0 Å². The van der Waals surface area contributed by atoms with Crippen LogP contribution in [0.5, 0.6) is 0 Å². The Balaban J connectivity index is 1.67. The van der Waals surface area contributed by atoms with E-state index >= 15 is 0 Å². The first-order valence-corrected chi connectivity index (χ1v) is 6.91. The zero-order valence-electron chi connectivity index (χ0n) is 11.8. The predicted molar refractivity (Wildman–Crippen MR) is 73.7 cm³/mol. The Morgan fingerprint density at radius 3 is 2.95 bits per heavy atom. The van der Waals surface area contributed by atoms with Gasteiger partial charge in [-0.1, -0.05) is 6.07 Å². The summed E-state index contributed by atoms with van der Waals surface area (Å²) in [7, 11) is 0. The lowest BCUT2D eigenvalue weighted by atomic mass is 10.1. The van der Waals surface area contributed by atoms with Gasteiger partial charge in [0.15, 0.2) is 11.6 Å². The van der Waals surface area contributed by atoms with E-state index in [0.717, 1.165) is 23.6 Å². The molecule has 0 bridgehead atoms. The van der Waals surface area contributed by atoms with Crippen LogP contribution in [0.2, 0.25) is 0 Å². The Kier molecular flexibility index (Phi) is 3.98. The highest BCUT2D eigenvalue weighted by Crippen LogP contribution is 2.21. The third kappa shape index (κ3) is 3.28. The normalized spacial score (nSPS) is 19.9. The van der Waals surface area contributed by atoms with Crippen LogP contribution in [0.25, 0.3) is 0 Å². The molecule has 1 aliphatic rings. The summed E-state index contributed by atoms with van der Waals surface area (Å²) in [5.41, 5.74) is 1.75. The van der Waals surface area contributed by atoms with Crippen LogP contribution in [-0.2, 0) is 11.3 Å². The number of imidazole rings is 1. The molecular weight excluding hydrogens is 276 g/mol. The molecule has 4 nitrogen and oxygen atoms in total. The van der Waals surface area contributed by atoms with E-state index in [1.807, 2.05) is 6.92 Å². The maximum absolute atomic E-state index is 13.2. The number of halogens is 2. The van der Waals surface area contributed by atoms with Gasteiger partial charge in [0.05, 0.1) is 6.61 Å². The van der Waals surface area contributed by atoms with Crippen molar-refractivity contribution in [1.29, 1.82) is 0 Å². The van der Waals surface area contributed by atoms with Gasteiger partial charge in [0.2, 0.25) is 0 Å². The molecule has 3 rings (SSSR count). The van der Waals surface area contributed by atoms with E-state index in [9.17, 15) is 8.78 Å². The lowest BCUT2D eigenvalue weighted by Crippen LogP contribution is -2.38. The fourth-order valence-electron chi connectivity index (χ4n) is 2.50. The molecule has 1 aliphatic heterocycles. The quantitative estimate of drug-likeness (QED) is 0.945. The maximum atomic E-state index is 13.2. The number of aryl methyl sites for hydroxylation is 1. The minimum absolute atomic E-state index is 0.113. The average Bonchev–Trinajstić information content (AvgIpc) is 2.90. The number of benzene rings is 1. The summed E-state index contributed by atoms with van der Waals surface area (Å²) in [5.74, 6) is -0.814. The second-order valence-electron chi connectivity index (χ2n) is 5.29. The average molecular weight is 293 g/mol. The predicted octanol–water partition coefficient (Wildman–Crippen LogP) is 2.57. The van der Waals surface area contributed by atoms with Crippen molar-refractivity contribution in [3.63, 3.8) is 0 Å². The molecule has 1 atom stereocenters. The molecular formula is C15H17F2N3O. The van der Waals surface area contributed by atoms with Crippen LogP contribution in [0, 0.1) is 18.6 Å². The van der Waals surface area contributed by atoms with Gasteiger partial charge in [-0.25, -0.2) is 13.8 Å². The first-order chi connectivity index (χ1) is 10.1. The fraction of sp³-hybridized carbons (Fsp3) is 0.400. The molecule has 1 fully saturated rings. The molecule has 1 aromatic heterocycles. The molecule has 0 unspecified atom stereocenters. The van der Waals surface area contributed by atoms with Crippen molar-refractivity contribution in [2.75, 3.05) is 19.7 Å². The molecule has 0 saturated carbocycles. The topological polar surface area (TPSA) is 41.2 Å². The van der Waals surface area contributed by atoms with Crippen molar-refractivity contribution in [3.05, 3.63) is 53.1 Å². The van der Waals surface area contributed by atoms with E-state index in [-0.39, 0.29) is 6.10 Å².